The van der Waals surface area contributed by atoms with Gasteiger partial charge in [-0.25, -0.2) is 4.39 Å². The zero-order chi connectivity index (χ0) is 10.8. The van der Waals surface area contributed by atoms with Gasteiger partial charge in [0.2, 0.25) is 0 Å². The predicted octanol–water partition coefficient (Wildman–Crippen LogP) is 3.10. The molecule has 0 saturated carbocycles. The van der Waals surface area contributed by atoms with Crippen LogP contribution in [0.5, 0.6) is 0 Å². The van der Waals surface area contributed by atoms with E-state index in [-0.39, 0.29) is 16.9 Å². The van der Waals surface area contributed by atoms with Gasteiger partial charge in [0.25, 0.3) is 0 Å². The van der Waals surface area contributed by atoms with Crippen molar-refractivity contribution >= 4 is 11.6 Å². The van der Waals surface area contributed by atoms with Gasteiger partial charge in [-0.05, 0) is 37.0 Å². The Hall–Kier alpha value is -0.860. The molecule has 15 heavy (non-hydrogen) atoms. The molecule has 1 aliphatic rings. The summed E-state index contributed by atoms with van der Waals surface area (Å²) in [6, 6.07) is 4.84. The summed E-state index contributed by atoms with van der Waals surface area (Å²) in [6.07, 6.45) is 3.91. The molecule has 1 aromatic carbocycles. The van der Waals surface area contributed by atoms with Gasteiger partial charge in [0, 0.05) is 0 Å². The van der Waals surface area contributed by atoms with Crippen molar-refractivity contribution in [1.82, 2.24) is 0 Å². The summed E-state index contributed by atoms with van der Waals surface area (Å²) in [4.78, 5) is 0. The largest absolute Gasteiger partial charge is 0.389 e. The lowest BCUT2D eigenvalue weighted by atomic mass is 10.0. The first kappa shape index (κ1) is 10.7. The summed E-state index contributed by atoms with van der Waals surface area (Å²) < 4.78 is 13.1. The minimum atomic E-state index is -0.381. The zero-order valence-electron chi connectivity index (χ0n) is 8.21. The van der Waals surface area contributed by atoms with E-state index in [1.54, 1.807) is 6.07 Å². The van der Waals surface area contributed by atoms with Crippen LogP contribution in [0.1, 0.15) is 18.4 Å². The Morgan fingerprint density at radius 2 is 2.27 bits per heavy atom. The first-order valence-corrected chi connectivity index (χ1v) is 5.34. The molecule has 0 saturated heterocycles. The van der Waals surface area contributed by atoms with Crippen LogP contribution in [-0.4, -0.2) is 11.2 Å². The number of hydrogen-bond acceptors (Lipinski definition) is 1. The molecule has 1 atom stereocenters. The molecule has 1 nitrogen and oxygen atoms in total. The van der Waals surface area contributed by atoms with Crippen molar-refractivity contribution in [3.05, 3.63) is 46.3 Å². The van der Waals surface area contributed by atoms with Crippen molar-refractivity contribution in [3.63, 3.8) is 0 Å². The Morgan fingerprint density at radius 3 is 2.87 bits per heavy atom. The van der Waals surface area contributed by atoms with Gasteiger partial charge in [0.15, 0.2) is 0 Å². The highest BCUT2D eigenvalue weighted by molar-refractivity contribution is 6.30. The third kappa shape index (κ3) is 2.58. The topological polar surface area (TPSA) is 20.2 Å². The highest BCUT2D eigenvalue weighted by Gasteiger charge is 2.13. The molecular formula is C12H12ClFO. The van der Waals surface area contributed by atoms with E-state index >= 15 is 0 Å². The average Bonchev–Trinajstić information content (AvgIpc) is 2.58. The van der Waals surface area contributed by atoms with Crippen LogP contribution in [0.25, 0.3) is 0 Å². The molecular weight excluding hydrogens is 215 g/mol. The number of hydrogen-bond donors (Lipinski definition) is 1. The van der Waals surface area contributed by atoms with Gasteiger partial charge in [0.05, 0.1) is 11.1 Å². The van der Waals surface area contributed by atoms with Gasteiger partial charge < -0.3 is 5.11 Å². The molecule has 80 valence electrons. The monoisotopic (exact) mass is 226 g/mol. The van der Waals surface area contributed by atoms with E-state index in [4.69, 9.17) is 11.6 Å². The quantitative estimate of drug-likeness (QED) is 0.769. The second-order valence-corrected chi connectivity index (χ2v) is 4.26. The van der Waals surface area contributed by atoms with Crippen molar-refractivity contribution in [3.8, 4) is 0 Å². The fourth-order valence-corrected chi connectivity index (χ4v) is 1.95. The van der Waals surface area contributed by atoms with E-state index in [0.717, 1.165) is 18.4 Å². The molecule has 3 heteroatoms. The van der Waals surface area contributed by atoms with E-state index in [9.17, 15) is 9.50 Å². The van der Waals surface area contributed by atoms with Crippen LogP contribution < -0.4 is 0 Å². The number of aliphatic hydroxyl groups is 1. The Kier molecular flexibility index (Phi) is 3.08. The maximum Gasteiger partial charge on any atom is 0.142 e. The van der Waals surface area contributed by atoms with Gasteiger partial charge in [-0.2, -0.15) is 0 Å². The number of rotatable bonds is 2. The molecule has 1 N–H and O–H groups in total. The van der Waals surface area contributed by atoms with E-state index in [1.165, 1.54) is 11.6 Å². The molecule has 2 rings (SSSR count). The molecule has 0 fully saturated rings. The van der Waals surface area contributed by atoms with Gasteiger partial charge in [0.1, 0.15) is 5.82 Å². The summed E-state index contributed by atoms with van der Waals surface area (Å²) in [5.41, 5.74) is 2.07. The normalized spacial score (nSPS) is 20.5. The standard InChI is InChI=1S/C12H12ClFO/c13-11-4-2-9(7-12(11)14)5-8-1-3-10(15)6-8/h2,4,6-7,10,15H,1,3,5H2. The molecule has 1 aliphatic carbocycles. The lowest BCUT2D eigenvalue weighted by Gasteiger charge is -2.03. The molecule has 0 heterocycles. The van der Waals surface area contributed by atoms with E-state index in [2.05, 4.69) is 0 Å². The Balaban J connectivity index is 2.11. The summed E-state index contributed by atoms with van der Waals surface area (Å²) in [5.74, 6) is -0.381. The summed E-state index contributed by atoms with van der Waals surface area (Å²) in [5, 5.41) is 9.46. The highest BCUT2D eigenvalue weighted by Crippen LogP contribution is 2.24. The SMILES string of the molecule is OC1C=C(Cc2ccc(Cl)c(F)c2)CC1. The van der Waals surface area contributed by atoms with Crippen molar-refractivity contribution in [2.75, 3.05) is 0 Å². The lowest BCUT2D eigenvalue weighted by molar-refractivity contribution is 0.223. The van der Waals surface area contributed by atoms with Crippen LogP contribution in [0.4, 0.5) is 4.39 Å². The average molecular weight is 227 g/mol. The minimum absolute atomic E-state index is 0.152. The van der Waals surface area contributed by atoms with Crippen LogP contribution in [0.3, 0.4) is 0 Å². The summed E-state index contributed by atoms with van der Waals surface area (Å²) >= 11 is 5.59. The zero-order valence-corrected chi connectivity index (χ0v) is 8.97. The summed E-state index contributed by atoms with van der Waals surface area (Å²) in [7, 11) is 0. The lowest BCUT2D eigenvalue weighted by Crippen LogP contribution is -1.93. The fraction of sp³-hybridized carbons (Fsp3) is 0.333. The molecule has 0 aromatic heterocycles. The second kappa shape index (κ2) is 4.33. The fourth-order valence-electron chi connectivity index (χ4n) is 1.83. The van der Waals surface area contributed by atoms with E-state index in [1.807, 2.05) is 12.1 Å². The first-order valence-electron chi connectivity index (χ1n) is 4.97. The van der Waals surface area contributed by atoms with Gasteiger partial charge >= 0.3 is 0 Å². The summed E-state index contributed by atoms with van der Waals surface area (Å²) in [6.45, 7) is 0. The molecule has 0 spiro atoms. The van der Waals surface area contributed by atoms with Crippen molar-refractivity contribution in [2.45, 2.75) is 25.4 Å². The van der Waals surface area contributed by atoms with Crippen LogP contribution in [0, 0.1) is 5.82 Å². The molecule has 1 aromatic rings. The van der Waals surface area contributed by atoms with Crippen LogP contribution in [0.2, 0.25) is 5.02 Å². The Morgan fingerprint density at radius 1 is 1.47 bits per heavy atom. The van der Waals surface area contributed by atoms with Gasteiger partial charge in [-0.15, -0.1) is 0 Å². The predicted molar refractivity (Wildman–Crippen MR) is 58.4 cm³/mol. The molecule has 1 unspecified atom stereocenters. The number of allylic oxidation sites excluding steroid dienone is 1. The second-order valence-electron chi connectivity index (χ2n) is 3.86. The number of aliphatic hydroxyl groups excluding tert-OH is 1. The van der Waals surface area contributed by atoms with Crippen molar-refractivity contribution < 1.29 is 9.50 Å². The molecule has 0 amide bonds. The number of benzene rings is 1. The van der Waals surface area contributed by atoms with E-state index in [0.29, 0.717) is 6.42 Å². The third-order valence-electron chi connectivity index (χ3n) is 2.60. The van der Waals surface area contributed by atoms with Crippen LogP contribution in [-0.2, 0) is 6.42 Å². The maximum atomic E-state index is 13.1. The maximum absolute atomic E-state index is 13.1. The highest BCUT2D eigenvalue weighted by atomic mass is 35.5. The minimum Gasteiger partial charge on any atom is -0.389 e. The molecule has 0 bridgehead atoms. The first-order chi connectivity index (χ1) is 7.15. The van der Waals surface area contributed by atoms with Gasteiger partial charge in [-0.1, -0.05) is 29.3 Å². The molecule has 0 radical (unpaired) electrons. The van der Waals surface area contributed by atoms with Gasteiger partial charge in [-0.3, -0.25) is 0 Å². The van der Waals surface area contributed by atoms with Crippen LogP contribution in [0.15, 0.2) is 29.8 Å². The smallest absolute Gasteiger partial charge is 0.142 e. The van der Waals surface area contributed by atoms with Crippen LogP contribution >= 0.6 is 11.6 Å². The van der Waals surface area contributed by atoms with Crippen molar-refractivity contribution in [1.29, 1.82) is 0 Å². The van der Waals surface area contributed by atoms with E-state index < -0.39 is 0 Å². The number of halogens is 2. The third-order valence-corrected chi connectivity index (χ3v) is 2.91. The van der Waals surface area contributed by atoms with Crippen molar-refractivity contribution in [2.24, 2.45) is 0 Å². The molecule has 0 aliphatic heterocycles. The Labute approximate surface area is 93.2 Å². The Bertz CT molecular complexity index is 401.